The van der Waals surface area contributed by atoms with Gasteiger partial charge in [0.25, 0.3) is 0 Å². The van der Waals surface area contributed by atoms with Gasteiger partial charge < -0.3 is 19.4 Å². The lowest BCUT2D eigenvalue weighted by molar-refractivity contribution is 0.122. The fraction of sp³-hybridized carbons (Fsp3) is 1.00. The van der Waals surface area contributed by atoms with Gasteiger partial charge in [0.2, 0.25) is 0 Å². The maximum Gasteiger partial charge on any atom is 0.500 e. The molecule has 3 N–H and O–H groups in total. The molecule has 0 fully saturated rings. The molecular formula is C28H62ClNO3Si. The van der Waals surface area contributed by atoms with E-state index in [2.05, 4.69) is 20.8 Å². The smallest absolute Gasteiger partial charge is 0.377 e. The molecule has 0 bridgehead atoms. The summed E-state index contributed by atoms with van der Waals surface area (Å²) in [4.78, 5) is -0.162. The molecule has 34 heavy (non-hydrogen) atoms. The van der Waals surface area contributed by atoms with Crippen molar-refractivity contribution in [2.45, 2.75) is 154 Å². The van der Waals surface area contributed by atoms with Gasteiger partial charge in [-0.25, -0.2) is 0 Å². The summed E-state index contributed by atoms with van der Waals surface area (Å²) in [6, 6.07) is 0.824. The second kappa shape index (κ2) is 23.7. The van der Waals surface area contributed by atoms with Gasteiger partial charge in [0.05, 0.1) is 0 Å². The van der Waals surface area contributed by atoms with Crippen LogP contribution in [0.2, 0.25) is 6.04 Å². The molecule has 2 unspecified atom stereocenters. The van der Waals surface area contributed by atoms with Crippen LogP contribution < -0.4 is 6.15 Å². The zero-order chi connectivity index (χ0) is 24.8. The van der Waals surface area contributed by atoms with Crippen molar-refractivity contribution in [3.05, 3.63) is 0 Å². The minimum Gasteiger partial charge on any atom is -0.377 e. The molecule has 0 saturated carbocycles. The fourth-order valence-electron chi connectivity index (χ4n) is 4.75. The Balaban J connectivity index is 0. The van der Waals surface area contributed by atoms with Crippen molar-refractivity contribution in [1.29, 1.82) is 0 Å². The molecule has 2 atom stereocenters. The van der Waals surface area contributed by atoms with E-state index in [1.54, 1.807) is 21.3 Å². The minimum atomic E-state index is -2.48. The first-order chi connectivity index (χ1) is 15.9. The summed E-state index contributed by atoms with van der Waals surface area (Å²) >= 11 is 6.91. The van der Waals surface area contributed by atoms with Gasteiger partial charge in [0.1, 0.15) is 0 Å². The number of unbranched alkanes of at least 4 members (excludes halogenated alkanes) is 15. The molecule has 0 saturated heterocycles. The first-order valence-electron chi connectivity index (χ1n) is 14.2. The van der Waals surface area contributed by atoms with Crippen LogP contribution in [0.5, 0.6) is 0 Å². The Hall–Kier alpha value is 0.347. The molecule has 0 spiro atoms. The largest absolute Gasteiger partial charge is 0.500 e. The van der Waals surface area contributed by atoms with E-state index < -0.39 is 8.80 Å². The standard InChI is InChI=1S/C28H59ClO3Si.H3N/c1-7-8-9-10-11-12-13-14-15-16-17-18-19-20-21-22-24-27(2)28(3,29)25-23-26-33(30-4,31-5)32-6;/h27H,7-26H2,1-6H3;1H3. The van der Waals surface area contributed by atoms with Gasteiger partial charge >= 0.3 is 8.80 Å². The van der Waals surface area contributed by atoms with E-state index in [4.69, 9.17) is 24.9 Å². The highest BCUT2D eigenvalue weighted by Gasteiger charge is 2.38. The lowest BCUT2D eigenvalue weighted by Crippen LogP contribution is -2.43. The molecule has 0 aromatic carbocycles. The monoisotopic (exact) mass is 523 g/mol. The van der Waals surface area contributed by atoms with Gasteiger partial charge in [-0.3, -0.25) is 0 Å². The lowest BCUT2D eigenvalue weighted by Gasteiger charge is -2.31. The van der Waals surface area contributed by atoms with Crippen molar-refractivity contribution in [3.63, 3.8) is 0 Å². The Kier molecular flexibility index (Phi) is 25.5. The SMILES string of the molecule is CCCCCCCCCCCCCCCCCCC(C)C(C)(Cl)CCC[Si](OC)(OC)OC.N. The van der Waals surface area contributed by atoms with E-state index in [0.717, 1.165) is 18.9 Å². The summed E-state index contributed by atoms with van der Waals surface area (Å²) in [5.41, 5.74) is 0. The third-order valence-electron chi connectivity index (χ3n) is 7.60. The topological polar surface area (TPSA) is 62.7 Å². The van der Waals surface area contributed by atoms with E-state index >= 15 is 0 Å². The highest BCUT2D eigenvalue weighted by molar-refractivity contribution is 6.60. The van der Waals surface area contributed by atoms with Crippen LogP contribution in [0.1, 0.15) is 143 Å². The van der Waals surface area contributed by atoms with E-state index in [0.29, 0.717) is 5.92 Å². The molecule has 208 valence electrons. The summed E-state index contributed by atoms with van der Waals surface area (Å²) in [5.74, 6) is 0.523. The second-order valence-electron chi connectivity index (χ2n) is 10.4. The first-order valence-corrected chi connectivity index (χ1v) is 16.5. The third kappa shape index (κ3) is 18.6. The first kappa shape index (κ1) is 36.5. The second-order valence-corrected chi connectivity index (χ2v) is 14.4. The van der Waals surface area contributed by atoms with Crippen LogP contribution >= 0.6 is 11.6 Å². The lowest BCUT2D eigenvalue weighted by atomic mass is 9.86. The van der Waals surface area contributed by atoms with Crippen LogP contribution in [0.3, 0.4) is 0 Å². The van der Waals surface area contributed by atoms with Crippen LogP contribution in [0.15, 0.2) is 0 Å². The van der Waals surface area contributed by atoms with Crippen molar-refractivity contribution in [2.24, 2.45) is 5.92 Å². The predicted molar refractivity (Wildman–Crippen MR) is 153 cm³/mol. The number of hydrogen-bond acceptors (Lipinski definition) is 4. The summed E-state index contributed by atoms with van der Waals surface area (Å²) in [6.07, 6.45) is 25.9. The maximum absolute atomic E-state index is 6.91. The molecule has 0 heterocycles. The average Bonchev–Trinajstić information content (AvgIpc) is 2.81. The molecule has 0 aromatic rings. The van der Waals surface area contributed by atoms with Crippen LogP contribution in [0, 0.1) is 5.92 Å². The van der Waals surface area contributed by atoms with Crippen LogP contribution in [-0.4, -0.2) is 35.0 Å². The van der Waals surface area contributed by atoms with E-state index in [9.17, 15) is 0 Å². The number of alkyl halides is 1. The van der Waals surface area contributed by atoms with Gasteiger partial charge in [-0.2, -0.15) is 0 Å². The molecule has 0 radical (unpaired) electrons. The Morgan fingerprint density at radius 3 is 1.35 bits per heavy atom. The molecule has 6 heteroatoms. The Morgan fingerprint density at radius 2 is 1.00 bits per heavy atom. The quantitative estimate of drug-likeness (QED) is 0.0733. The van der Waals surface area contributed by atoms with Crippen LogP contribution in [-0.2, 0) is 13.3 Å². The molecule has 4 nitrogen and oxygen atoms in total. The molecule has 0 aromatic heterocycles. The van der Waals surface area contributed by atoms with E-state index in [1.165, 1.54) is 109 Å². The van der Waals surface area contributed by atoms with Gasteiger partial charge in [-0.1, -0.05) is 117 Å². The van der Waals surface area contributed by atoms with E-state index in [1.807, 2.05) is 0 Å². The van der Waals surface area contributed by atoms with Gasteiger partial charge in [0.15, 0.2) is 0 Å². The van der Waals surface area contributed by atoms with Crippen LogP contribution in [0.25, 0.3) is 0 Å². The van der Waals surface area contributed by atoms with Crippen molar-refractivity contribution >= 4 is 20.4 Å². The maximum atomic E-state index is 6.91. The minimum absolute atomic E-state index is 0. The summed E-state index contributed by atoms with van der Waals surface area (Å²) in [7, 11) is 2.56. The van der Waals surface area contributed by atoms with Crippen molar-refractivity contribution in [3.8, 4) is 0 Å². The highest BCUT2D eigenvalue weighted by Crippen LogP contribution is 2.35. The molecule has 0 aliphatic heterocycles. The van der Waals surface area contributed by atoms with Crippen molar-refractivity contribution in [2.75, 3.05) is 21.3 Å². The summed E-state index contributed by atoms with van der Waals surface area (Å²) in [5, 5.41) is 0. The van der Waals surface area contributed by atoms with Crippen molar-refractivity contribution in [1.82, 2.24) is 6.15 Å². The van der Waals surface area contributed by atoms with Gasteiger partial charge in [0, 0.05) is 32.2 Å². The summed E-state index contributed by atoms with van der Waals surface area (Å²) in [6.45, 7) is 6.80. The Morgan fingerprint density at radius 1 is 0.647 bits per heavy atom. The third-order valence-corrected chi connectivity index (χ3v) is 11.0. The number of halogens is 1. The zero-order valence-electron chi connectivity index (χ0n) is 24.0. The van der Waals surface area contributed by atoms with Crippen molar-refractivity contribution < 1.29 is 13.3 Å². The van der Waals surface area contributed by atoms with Gasteiger partial charge in [-0.05, 0) is 32.1 Å². The Labute approximate surface area is 220 Å². The fourth-order valence-corrected chi connectivity index (χ4v) is 6.72. The predicted octanol–water partition coefficient (Wildman–Crippen LogP) is 10.1. The normalized spacial score (nSPS) is 14.6. The van der Waals surface area contributed by atoms with Gasteiger partial charge in [-0.15, -0.1) is 11.6 Å². The number of rotatable bonds is 25. The van der Waals surface area contributed by atoms with E-state index in [-0.39, 0.29) is 11.0 Å². The molecule has 0 amide bonds. The molecule has 0 aliphatic carbocycles. The molecule has 0 rings (SSSR count). The molecular weight excluding hydrogens is 462 g/mol. The molecule has 0 aliphatic rings. The zero-order valence-corrected chi connectivity index (χ0v) is 25.8. The average molecular weight is 524 g/mol. The highest BCUT2D eigenvalue weighted by atomic mass is 35.5. The van der Waals surface area contributed by atoms with Crippen LogP contribution in [0.4, 0.5) is 0 Å². The summed E-state index contributed by atoms with van der Waals surface area (Å²) < 4.78 is 16.6. The Bertz CT molecular complexity index is 414. The number of hydrogen-bond donors (Lipinski definition) is 1.